The van der Waals surface area contributed by atoms with Crippen molar-refractivity contribution in [2.75, 3.05) is 16.9 Å². The van der Waals surface area contributed by atoms with Crippen LogP contribution in [0.2, 0.25) is 0 Å². The van der Waals surface area contributed by atoms with E-state index in [0.29, 0.717) is 5.11 Å². The Morgan fingerprint density at radius 1 is 0.778 bits per heavy atom. The monoisotopic (exact) mass is 384 g/mol. The number of nitrogens with zero attached hydrogens (tertiary/aromatic N) is 2. The Kier molecular flexibility index (Phi) is 5.30. The highest BCUT2D eigenvalue weighted by Crippen LogP contribution is 2.39. The van der Waals surface area contributed by atoms with Crippen LogP contribution in [0.15, 0.2) is 24.3 Å². The number of aryl methyl sites for hydroxylation is 6. The summed E-state index contributed by atoms with van der Waals surface area (Å²) in [5, 5.41) is 11.7. The highest BCUT2D eigenvalue weighted by molar-refractivity contribution is 7.80. The standard InChI is InChI=1S/C22H28N2O2S/c1-12-8-14(3)18(15(4)9-12)23-20(25)21(26-7)24(22(23)27)19-16(5)10-13(2)11-17(19)6/h8-11,20-21,25H,1-7H3/t20-,21-/m1/s1. The Labute approximate surface area is 167 Å². The summed E-state index contributed by atoms with van der Waals surface area (Å²) < 4.78 is 5.70. The molecule has 4 nitrogen and oxygen atoms in total. The number of aliphatic hydroxyl groups excluding tert-OH is 1. The number of methoxy groups -OCH3 is 1. The van der Waals surface area contributed by atoms with Gasteiger partial charge in [-0.25, -0.2) is 0 Å². The highest BCUT2D eigenvalue weighted by Gasteiger charge is 2.46. The van der Waals surface area contributed by atoms with Gasteiger partial charge in [0.15, 0.2) is 17.6 Å². The molecule has 0 unspecified atom stereocenters. The van der Waals surface area contributed by atoms with E-state index in [-0.39, 0.29) is 0 Å². The van der Waals surface area contributed by atoms with Gasteiger partial charge in [0.05, 0.1) is 11.4 Å². The lowest BCUT2D eigenvalue weighted by molar-refractivity contribution is 0.0119. The molecule has 0 bridgehead atoms. The molecule has 27 heavy (non-hydrogen) atoms. The fraction of sp³-hybridized carbons (Fsp3) is 0.409. The smallest absolute Gasteiger partial charge is 0.185 e. The van der Waals surface area contributed by atoms with Gasteiger partial charge in [-0.1, -0.05) is 35.4 Å². The Bertz CT molecular complexity index is 863. The van der Waals surface area contributed by atoms with Crippen molar-refractivity contribution in [3.05, 3.63) is 57.6 Å². The first-order chi connectivity index (χ1) is 12.7. The molecule has 0 spiro atoms. The minimum absolute atomic E-state index is 0.555. The molecule has 2 aromatic rings. The van der Waals surface area contributed by atoms with Crippen molar-refractivity contribution in [1.29, 1.82) is 0 Å². The van der Waals surface area contributed by atoms with Crippen LogP contribution >= 0.6 is 12.2 Å². The van der Waals surface area contributed by atoms with Crippen molar-refractivity contribution in [3.63, 3.8) is 0 Å². The number of benzene rings is 2. The number of hydrogen-bond donors (Lipinski definition) is 1. The van der Waals surface area contributed by atoms with Crippen LogP contribution in [0, 0.1) is 41.5 Å². The Hall–Kier alpha value is -1.95. The van der Waals surface area contributed by atoms with Gasteiger partial charge in [0, 0.05) is 7.11 Å². The maximum absolute atomic E-state index is 11.1. The highest BCUT2D eigenvalue weighted by atomic mass is 32.1. The van der Waals surface area contributed by atoms with E-state index in [4.69, 9.17) is 17.0 Å². The molecule has 0 saturated carbocycles. The van der Waals surface area contributed by atoms with Crippen molar-refractivity contribution < 1.29 is 9.84 Å². The molecular weight excluding hydrogens is 356 g/mol. The summed E-state index contributed by atoms with van der Waals surface area (Å²) in [6.07, 6.45) is -1.46. The van der Waals surface area contributed by atoms with Gasteiger partial charge >= 0.3 is 0 Å². The fourth-order valence-corrected chi connectivity index (χ4v) is 4.78. The molecule has 1 aliphatic heterocycles. The van der Waals surface area contributed by atoms with Crippen molar-refractivity contribution in [1.82, 2.24) is 0 Å². The van der Waals surface area contributed by atoms with Gasteiger partial charge in [-0.2, -0.15) is 0 Å². The molecule has 1 fully saturated rings. The third-order valence-electron chi connectivity index (χ3n) is 5.18. The predicted molar refractivity (Wildman–Crippen MR) is 116 cm³/mol. The maximum Gasteiger partial charge on any atom is 0.185 e. The molecule has 1 heterocycles. The topological polar surface area (TPSA) is 35.9 Å². The lowest BCUT2D eigenvalue weighted by Gasteiger charge is -2.28. The number of anilines is 2. The molecule has 0 aromatic heterocycles. The second kappa shape index (κ2) is 7.23. The third-order valence-corrected chi connectivity index (χ3v) is 5.57. The van der Waals surface area contributed by atoms with Crippen molar-refractivity contribution in [2.45, 2.75) is 54.0 Å². The molecular formula is C22H28N2O2S. The summed E-state index contributed by atoms with van der Waals surface area (Å²) >= 11 is 5.86. The molecule has 5 heteroatoms. The van der Waals surface area contributed by atoms with Crippen molar-refractivity contribution in [2.24, 2.45) is 0 Å². The van der Waals surface area contributed by atoms with Gasteiger partial charge in [0.2, 0.25) is 0 Å². The molecule has 2 atom stereocenters. The van der Waals surface area contributed by atoms with Crippen molar-refractivity contribution >= 4 is 28.7 Å². The number of ether oxygens (including phenoxy) is 1. The minimum atomic E-state index is -0.886. The summed E-state index contributed by atoms with van der Waals surface area (Å²) in [7, 11) is 1.61. The summed E-state index contributed by atoms with van der Waals surface area (Å²) in [5.74, 6) is 0. The number of hydrogen-bond acceptors (Lipinski definition) is 3. The lowest BCUT2D eigenvalue weighted by Crippen LogP contribution is -2.39. The Morgan fingerprint density at radius 2 is 1.15 bits per heavy atom. The van der Waals surface area contributed by atoms with Crippen LogP contribution in [0.4, 0.5) is 11.4 Å². The SMILES string of the molecule is CO[C@@H]1[C@@H](O)N(c2c(C)cc(C)cc2C)C(=S)N1c1c(C)cc(C)cc1C. The minimum Gasteiger partial charge on any atom is -0.369 e. The third kappa shape index (κ3) is 3.24. The Balaban J connectivity index is 2.16. The summed E-state index contributed by atoms with van der Waals surface area (Å²) in [6, 6.07) is 8.50. The van der Waals surface area contributed by atoms with Crippen LogP contribution in [0.25, 0.3) is 0 Å². The van der Waals surface area contributed by atoms with Gasteiger partial charge in [-0.3, -0.25) is 9.80 Å². The molecule has 2 aromatic carbocycles. The van der Waals surface area contributed by atoms with Crippen LogP contribution in [0.3, 0.4) is 0 Å². The van der Waals surface area contributed by atoms with Crippen LogP contribution in [0.5, 0.6) is 0 Å². The van der Waals surface area contributed by atoms with Gasteiger partial charge in [-0.05, 0) is 76.0 Å². The average molecular weight is 385 g/mol. The zero-order valence-electron chi connectivity index (χ0n) is 17.1. The average Bonchev–Trinajstić information content (AvgIpc) is 2.77. The van der Waals surface area contributed by atoms with Crippen LogP contribution in [0.1, 0.15) is 33.4 Å². The first-order valence-electron chi connectivity index (χ1n) is 9.16. The molecule has 1 N–H and O–H groups in total. The van der Waals surface area contributed by atoms with E-state index in [1.165, 1.54) is 11.1 Å². The molecule has 144 valence electrons. The van der Waals surface area contributed by atoms with Gasteiger partial charge in [0.1, 0.15) is 0 Å². The van der Waals surface area contributed by atoms with E-state index in [1.807, 2.05) is 9.80 Å². The molecule has 0 aliphatic carbocycles. The fourth-order valence-electron chi connectivity index (χ4n) is 4.38. The zero-order valence-corrected chi connectivity index (χ0v) is 17.9. The first kappa shape index (κ1) is 19.8. The van der Waals surface area contributed by atoms with Crippen molar-refractivity contribution in [3.8, 4) is 0 Å². The summed E-state index contributed by atoms with van der Waals surface area (Å²) in [5.41, 5.74) is 8.75. The predicted octanol–water partition coefficient (Wildman–Crippen LogP) is 4.44. The number of rotatable bonds is 3. The largest absolute Gasteiger partial charge is 0.369 e. The molecule has 0 amide bonds. The van der Waals surface area contributed by atoms with E-state index in [2.05, 4.69) is 65.8 Å². The zero-order chi connectivity index (χ0) is 20.0. The molecule has 1 saturated heterocycles. The number of aliphatic hydroxyl groups is 1. The lowest BCUT2D eigenvalue weighted by atomic mass is 10.0. The van der Waals surface area contributed by atoms with E-state index < -0.39 is 12.5 Å². The number of thiocarbonyl (C=S) groups is 1. The van der Waals surface area contributed by atoms with Gasteiger partial charge < -0.3 is 9.84 Å². The normalized spacial score (nSPS) is 19.9. The van der Waals surface area contributed by atoms with Crippen LogP contribution in [-0.4, -0.2) is 29.8 Å². The quantitative estimate of drug-likeness (QED) is 0.792. The summed E-state index contributed by atoms with van der Waals surface area (Å²) in [6.45, 7) is 12.4. The van der Waals surface area contributed by atoms with Crippen LogP contribution in [-0.2, 0) is 4.74 Å². The molecule has 3 rings (SSSR count). The van der Waals surface area contributed by atoms with E-state index in [9.17, 15) is 5.11 Å². The molecule has 1 aliphatic rings. The Morgan fingerprint density at radius 3 is 1.52 bits per heavy atom. The second-order valence-electron chi connectivity index (χ2n) is 7.56. The van der Waals surface area contributed by atoms with Crippen LogP contribution < -0.4 is 9.80 Å². The molecule has 0 radical (unpaired) electrons. The second-order valence-corrected chi connectivity index (χ2v) is 7.92. The summed E-state index contributed by atoms with van der Waals surface area (Å²) in [4.78, 5) is 3.77. The van der Waals surface area contributed by atoms with E-state index >= 15 is 0 Å². The first-order valence-corrected chi connectivity index (χ1v) is 9.57. The van der Waals surface area contributed by atoms with E-state index in [1.54, 1.807) is 7.11 Å². The van der Waals surface area contributed by atoms with Gasteiger partial charge in [-0.15, -0.1) is 0 Å². The van der Waals surface area contributed by atoms with Gasteiger partial charge in [0.25, 0.3) is 0 Å². The van der Waals surface area contributed by atoms with E-state index in [0.717, 1.165) is 33.6 Å². The maximum atomic E-state index is 11.1.